The van der Waals surface area contributed by atoms with Crippen molar-refractivity contribution >= 4 is 9.84 Å². The molecule has 1 heterocycles. The highest BCUT2D eigenvalue weighted by molar-refractivity contribution is 7.92. The minimum absolute atomic E-state index is 0.222. The molecule has 0 spiro atoms. The summed E-state index contributed by atoms with van der Waals surface area (Å²) in [7, 11) is -3.16. The fourth-order valence-electron chi connectivity index (χ4n) is 2.46. The van der Waals surface area contributed by atoms with Crippen molar-refractivity contribution in [3.63, 3.8) is 0 Å². The van der Waals surface area contributed by atoms with Gasteiger partial charge in [-0.05, 0) is 75.5 Å². The maximum absolute atomic E-state index is 12.6. The van der Waals surface area contributed by atoms with Crippen molar-refractivity contribution in [2.24, 2.45) is 0 Å². The summed E-state index contributed by atoms with van der Waals surface area (Å²) in [5.41, 5.74) is 3.30. The third kappa shape index (κ3) is 2.45. The van der Waals surface area contributed by atoms with Crippen LogP contribution in [-0.2, 0) is 9.84 Å². The van der Waals surface area contributed by atoms with E-state index in [-0.39, 0.29) is 5.25 Å². The lowest BCUT2D eigenvalue weighted by atomic mass is 10.1. The average Bonchev–Trinajstić information content (AvgIpc) is 2.36. The summed E-state index contributed by atoms with van der Waals surface area (Å²) in [5, 5.41) is 2.98. The summed E-state index contributed by atoms with van der Waals surface area (Å²) >= 11 is 0. The molecule has 4 heteroatoms. The largest absolute Gasteiger partial charge is 0.317 e. The van der Waals surface area contributed by atoms with Gasteiger partial charge < -0.3 is 5.32 Å². The molecule has 0 aromatic heterocycles. The van der Waals surface area contributed by atoms with Crippen LogP contribution in [0.1, 0.15) is 29.5 Å². The van der Waals surface area contributed by atoms with Gasteiger partial charge in [-0.2, -0.15) is 0 Å². The predicted molar refractivity (Wildman–Crippen MR) is 73.7 cm³/mol. The Morgan fingerprint density at radius 2 is 1.56 bits per heavy atom. The van der Waals surface area contributed by atoms with Gasteiger partial charge in [-0.3, -0.25) is 0 Å². The molecule has 1 N–H and O–H groups in total. The van der Waals surface area contributed by atoms with Crippen molar-refractivity contribution in [2.75, 3.05) is 13.1 Å². The Morgan fingerprint density at radius 3 is 2.06 bits per heavy atom. The predicted octanol–water partition coefficient (Wildman–Crippen LogP) is 2.14. The molecule has 1 aliphatic rings. The number of nitrogens with one attached hydrogen (secondary N) is 1. The lowest BCUT2D eigenvalue weighted by Gasteiger charge is -2.23. The second kappa shape index (κ2) is 5.02. The molecule has 0 aliphatic carbocycles. The van der Waals surface area contributed by atoms with Crippen LogP contribution in [0.4, 0.5) is 0 Å². The fourth-order valence-corrected chi connectivity index (χ4v) is 4.38. The first kappa shape index (κ1) is 13.6. The van der Waals surface area contributed by atoms with E-state index in [0.717, 1.165) is 24.2 Å². The van der Waals surface area contributed by atoms with Crippen molar-refractivity contribution in [1.29, 1.82) is 0 Å². The second-order valence-corrected chi connectivity index (χ2v) is 7.40. The lowest BCUT2D eigenvalue weighted by molar-refractivity contribution is 0.496. The molecule has 1 aliphatic heterocycles. The second-order valence-electron chi connectivity index (χ2n) is 5.18. The molecule has 1 aromatic carbocycles. The van der Waals surface area contributed by atoms with Crippen LogP contribution in [0, 0.1) is 20.8 Å². The lowest BCUT2D eigenvalue weighted by Crippen LogP contribution is -2.35. The van der Waals surface area contributed by atoms with Crippen LogP contribution in [0.5, 0.6) is 0 Å². The maximum Gasteiger partial charge on any atom is 0.181 e. The van der Waals surface area contributed by atoms with Gasteiger partial charge in [-0.15, -0.1) is 0 Å². The Labute approximate surface area is 110 Å². The van der Waals surface area contributed by atoms with Gasteiger partial charge in [-0.1, -0.05) is 0 Å². The summed E-state index contributed by atoms with van der Waals surface area (Å²) in [4.78, 5) is 0.495. The van der Waals surface area contributed by atoms with E-state index in [4.69, 9.17) is 0 Å². The van der Waals surface area contributed by atoms with Crippen molar-refractivity contribution in [2.45, 2.75) is 43.8 Å². The van der Waals surface area contributed by atoms with Crippen LogP contribution in [0.3, 0.4) is 0 Å². The van der Waals surface area contributed by atoms with Crippen LogP contribution in [0.15, 0.2) is 17.0 Å². The van der Waals surface area contributed by atoms with E-state index < -0.39 is 9.84 Å². The molecule has 3 nitrogen and oxygen atoms in total. The number of benzene rings is 1. The first-order valence-electron chi connectivity index (χ1n) is 6.45. The quantitative estimate of drug-likeness (QED) is 0.893. The molecule has 1 fully saturated rings. The van der Waals surface area contributed by atoms with E-state index in [9.17, 15) is 8.42 Å². The van der Waals surface area contributed by atoms with Gasteiger partial charge in [0.1, 0.15) is 0 Å². The van der Waals surface area contributed by atoms with Gasteiger partial charge in [0.05, 0.1) is 10.1 Å². The van der Waals surface area contributed by atoms with Gasteiger partial charge >= 0.3 is 0 Å². The van der Waals surface area contributed by atoms with Gasteiger partial charge in [0.2, 0.25) is 0 Å². The Hall–Kier alpha value is -0.870. The number of hydrogen-bond donors (Lipinski definition) is 1. The highest BCUT2D eigenvalue weighted by Crippen LogP contribution is 2.25. The molecular formula is C14H21NO2S. The van der Waals surface area contributed by atoms with Gasteiger partial charge in [-0.25, -0.2) is 8.42 Å². The molecule has 1 aromatic rings. The summed E-state index contributed by atoms with van der Waals surface area (Å²) in [6, 6.07) is 3.64. The molecule has 0 radical (unpaired) electrons. The number of aryl methyl sites for hydroxylation is 2. The first-order chi connectivity index (χ1) is 8.43. The molecule has 0 saturated carbocycles. The monoisotopic (exact) mass is 267 g/mol. The van der Waals surface area contributed by atoms with Crippen LogP contribution < -0.4 is 5.32 Å². The molecule has 18 heavy (non-hydrogen) atoms. The molecule has 2 rings (SSSR count). The van der Waals surface area contributed by atoms with Crippen LogP contribution in [0.25, 0.3) is 0 Å². The normalized spacial score (nSPS) is 17.9. The minimum atomic E-state index is -3.16. The number of sulfone groups is 1. The Morgan fingerprint density at radius 1 is 1.06 bits per heavy atom. The molecule has 0 amide bonds. The van der Waals surface area contributed by atoms with Crippen molar-refractivity contribution in [1.82, 2.24) is 5.32 Å². The van der Waals surface area contributed by atoms with Crippen LogP contribution in [0.2, 0.25) is 0 Å². The van der Waals surface area contributed by atoms with E-state index in [1.54, 1.807) is 0 Å². The van der Waals surface area contributed by atoms with Crippen molar-refractivity contribution in [3.8, 4) is 0 Å². The summed E-state index contributed by atoms with van der Waals surface area (Å²) in [6.07, 6.45) is 1.43. The van der Waals surface area contributed by atoms with E-state index in [1.165, 1.54) is 5.56 Å². The highest BCUT2D eigenvalue weighted by atomic mass is 32.2. The molecule has 0 bridgehead atoms. The van der Waals surface area contributed by atoms with E-state index >= 15 is 0 Å². The smallest absolute Gasteiger partial charge is 0.181 e. The summed E-state index contributed by atoms with van der Waals surface area (Å²) in [5.74, 6) is 0. The number of piperidine rings is 1. The number of rotatable bonds is 2. The Balaban J connectivity index is 2.41. The Kier molecular flexibility index (Phi) is 3.78. The van der Waals surface area contributed by atoms with E-state index in [0.29, 0.717) is 17.7 Å². The number of hydrogen-bond acceptors (Lipinski definition) is 3. The van der Waals surface area contributed by atoms with E-state index in [2.05, 4.69) is 5.32 Å². The molecule has 1 saturated heterocycles. The fraction of sp³-hybridized carbons (Fsp3) is 0.571. The molecule has 0 atom stereocenters. The topological polar surface area (TPSA) is 46.2 Å². The van der Waals surface area contributed by atoms with Gasteiger partial charge in [0.15, 0.2) is 9.84 Å². The van der Waals surface area contributed by atoms with Gasteiger partial charge in [0.25, 0.3) is 0 Å². The SMILES string of the molecule is Cc1cc(S(=O)(=O)C2CCNCC2)cc(C)c1C. The zero-order chi connectivity index (χ0) is 13.3. The van der Waals surface area contributed by atoms with E-state index in [1.807, 2.05) is 32.9 Å². The molecule has 100 valence electrons. The van der Waals surface area contributed by atoms with Gasteiger partial charge in [0, 0.05) is 0 Å². The van der Waals surface area contributed by atoms with Crippen LogP contribution in [-0.4, -0.2) is 26.8 Å². The standard InChI is InChI=1S/C14H21NO2S/c1-10-8-14(9-11(2)12(10)3)18(16,17)13-4-6-15-7-5-13/h8-9,13,15H,4-7H2,1-3H3. The average molecular weight is 267 g/mol. The molecule has 0 unspecified atom stereocenters. The minimum Gasteiger partial charge on any atom is -0.317 e. The Bertz CT molecular complexity index is 520. The van der Waals surface area contributed by atoms with Crippen LogP contribution >= 0.6 is 0 Å². The highest BCUT2D eigenvalue weighted by Gasteiger charge is 2.29. The zero-order valence-corrected chi connectivity index (χ0v) is 12.1. The zero-order valence-electron chi connectivity index (χ0n) is 11.3. The third-order valence-corrected chi connectivity index (χ3v) is 6.20. The molecular weight excluding hydrogens is 246 g/mol. The van der Waals surface area contributed by atoms with Crippen molar-refractivity contribution in [3.05, 3.63) is 28.8 Å². The third-order valence-electron chi connectivity index (χ3n) is 3.95. The summed E-state index contributed by atoms with van der Waals surface area (Å²) in [6.45, 7) is 7.58. The van der Waals surface area contributed by atoms with Crippen molar-refractivity contribution < 1.29 is 8.42 Å². The first-order valence-corrected chi connectivity index (χ1v) is 8.00. The maximum atomic E-state index is 12.6. The summed E-state index contributed by atoms with van der Waals surface area (Å²) < 4.78 is 25.2.